The molecule has 30 heavy (non-hydrogen) atoms. The lowest BCUT2D eigenvalue weighted by atomic mass is 9.99. The molecule has 0 aliphatic rings. The molecule has 0 spiro atoms. The maximum Gasteiger partial charge on any atom is 0.0360 e. The van der Waals surface area contributed by atoms with E-state index in [0.717, 1.165) is 6.42 Å². The summed E-state index contributed by atoms with van der Waals surface area (Å²) in [5, 5.41) is 5.58. The Hall–Kier alpha value is -2.68. The summed E-state index contributed by atoms with van der Waals surface area (Å²) in [7, 11) is 0. The molecule has 0 radical (unpaired) electrons. The van der Waals surface area contributed by atoms with Gasteiger partial charge in [-0.05, 0) is 79.3 Å². The van der Waals surface area contributed by atoms with Gasteiger partial charge in [-0.3, -0.25) is 0 Å². The SMILES string of the molecule is Cc1ccc2c(c1)sc1cc(Cc3cc(C)c4c(c3)sc3cc(C)ccc34)ccc12. The van der Waals surface area contributed by atoms with Crippen LogP contribution in [-0.4, -0.2) is 0 Å². The average molecular weight is 423 g/mol. The zero-order valence-electron chi connectivity index (χ0n) is 17.4. The molecule has 146 valence electrons. The molecule has 2 aromatic heterocycles. The van der Waals surface area contributed by atoms with E-state index in [1.807, 2.05) is 22.7 Å². The van der Waals surface area contributed by atoms with Crippen molar-refractivity contribution in [1.29, 1.82) is 0 Å². The van der Waals surface area contributed by atoms with Gasteiger partial charge >= 0.3 is 0 Å². The quantitative estimate of drug-likeness (QED) is 0.261. The van der Waals surface area contributed by atoms with Gasteiger partial charge in [0.05, 0.1) is 0 Å². The van der Waals surface area contributed by atoms with Crippen LogP contribution in [-0.2, 0) is 6.42 Å². The first-order valence-corrected chi connectivity index (χ1v) is 12.0. The molecule has 6 aromatic rings. The van der Waals surface area contributed by atoms with E-state index >= 15 is 0 Å². The van der Waals surface area contributed by atoms with Crippen LogP contribution in [0.4, 0.5) is 0 Å². The number of hydrogen-bond donors (Lipinski definition) is 0. The molecule has 2 heteroatoms. The number of rotatable bonds is 2. The van der Waals surface area contributed by atoms with Gasteiger partial charge in [0.1, 0.15) is 0 Å². The van der Waals surface area contributed by atoms with Gasteiger partial charge in [0.25, 0.3) is 0 Å². The van der Waals surface area contributed by atoms with E-state index in [-0.39, 0.29) is 0 Å². The van der Waals surface area contributed by atoms with Gasteiger partial charge in [0.2, 0.25) is 0 Å². The van der Waals surface area contributed by atoms with Crippen molar-refractivity contribution in [2.24, 2.45) is 0 Å². The van der Waals surface area contributed by atoms with E-state index < -0.39 is 0 Å². The summed E-state index contributed by atoms with van der Waals surface area (Å²) in [6, 6.07) is 25.4. The van der Waals surface area contributed by atoms with Crippen LogP contribution in [0.1, 0.15) is 27.8 Å². The molecule has 0 bridgehead atoms. The fourth-order valence-corrected chi connectivity index (χ4v) is 7.28. The molecule has 0 saturated carbocycles. The number of thiophene rings is 2. The van der Waals surface area contributed by atoms with E-state index in [0.29, 0.717) is 0 Å². The van der Waals surface area contributed by atoms with Crippen LogP contribution in [0.2, 0.25) is 0 Å². The third kappa shape index (κ3) is 2.86. The van der Waals surface area contributed by atoms with E-state index in [4.69, 9.17) is 0 Å². The first kappa shape index (κ1) is 18.1. The smallest absolute Gasteiger partial charge is 0.0360 e. The lowest BCUT2D eigenvalue weighted by Crippen LogP contribution is -1.89. The second-order valence-electron chi connectivity index (χ2n) is 8.50. The van der Waals surface area contributed by atoms with E-state index in [1.165, 1.54) is 68.2 Å². The molecule has 4 aromatic carbocycles. The lowest BCUT2D eigenvalue weighted by molar-refractivity contribution is 1.20. The minimum absolute atomic E-state index is 0.979. The minimum atomic E-state index is 0.979. The first-order chi connectivity index (χ1) is 14.5. The molecule has 0 nitrogen and oxygen atoms in total. The summed E-state index contributed by atoms with van der Waals surface area (Å²) < 4.78 is 5.58. The summed E-state index contributed by atoms with van der Waals surface area (Å²) >= 11 is 3.84. The van der Waals surface area contributed by atoms with Crippen LogP contribution >= 0.6 is 22.7 Å². The predicted octanol–water partition coefficient (Wildman–Crippen LogP) is 8.94. The Morgan fingerprint density at radius 2 is 1.10 bits per heavy atom. The van der Waals surface area contributed by atoms with Gasteiger partial charge in [0, 0.05) is 40.3 Å². The van der Waals surface area contributed by atoms with E-state index in [9.17, 15) is 0 Å². The molecule has 0 N–H and O–H groups in total. The van der Waals surface area contributed by atoms with Crippen LogP contribution in [0.3, 0.4) is 0 Å². The topological polar surface area (TPSA) is 0 Å². The number of benzene rings is 4. The van der Waals surface area contributed by atoms with Crippen molar-refractivity contribution in [1.82, 2.24) is 0 Å². The van der Waals surface area contributed by atoms with Gasteiger partial charge in [0.15, 0.2) is 0 Å². The Bertz CT molecular complexity index is 1590. The Kier molecular flexibility index (Phi) is 4.02. The summed E-state index contributed by atoms with van der Waals surface area (Å²) in [4.78, 5) is 0. The monoisotopic (exact) mass is 422 g/mol. The van der Waals surface area contributed by atoms with Crippen molar-refractivity contribution in [3.05, 3.63) is 94.5 Å². The highest BCUT2D eigenvalue weighted by atomic mass is 32.1. The maximum atomic E-state index is 2.40. The Labute approximate surface area is 184 Å². The third-order valence-corrected chi connectivity index (χ3v) is 8.30. The fraction of sp³-hybridized carbons (Fsp3) is 0.143. The highest BCUT2D eigenvalue weighted by Gasteiger charge is 2.11. The van der Waals surface area contributed by atoms with Gasteiger partial charge in [-0.2, -0.15) is 0 Å². The Morgan fingerprint density at radius 1 is 0.533 bits per heavy atom. The molecule has 0 unspecified atom stereocenters. The highest BCUT2D eigenvalue weighted by molar-refractivity contribution is 7.26. The molecular weight excluding hydrogens is 400 g/mol. The molecule has 0 atom stereocenters. The molecule has 0 aliphatic carbocycles. The number of fused-ring (bicyclic) bond motifs is 6. The van der Waals surface area contributed by atoms with E-state index in [2.05, 4.69) is 87.5 Å². The van der Waals surface area contributed by atoms with E-state index in [1.54, 1.807) is 0 Å². The highest BCUT2D eigenvalue weighted by Crippen LogP contribution is 2.38. The maximum absolute atomic E-state index is 2.40. The number of hydrogen-bond acceptors (Lipinski definition) is 2. The Morgan fingerprint density at radius 3 is 1.87 bits per heavy atom. The van der Waals surface area contributed by atoms with Crippen molar-refractivity contribution in [3.8, 4) is 0 Å². The molecule has 6 rings (SSSR count). The summed E-state index contributed by atoms with van der Waals surface area (Å²) in [5.41, 5.74) is 6.84. The van der Waals surface area contributed by atoms with Gasteiger partial charge < -0.3 is 0 Å². The molecule has 0 amide bonds. The normalized spacial score (nSPS) is 12.0. The molecule has 0 fully saturated rings. The van der Waals surface area contributed by atoms with Crippen molar-refractivity contribution in [3.63, 3.8) is 0 Å². The number of aryl methyl sites for hydroxylation is 3. The molecule has 0 saturated heterocycles. The fourth-order valence-electron chi connectivity index (χ4n) is 4.67. The molecule has 0 aliphatic heterocycles. The first-order valence-electron chi connectivity index (χ1n) is 10.4. The summed E-state index contributed by atoms with van der Waals surface area (Å²) in [6.45, 7) is 6.60. The second-order valence-corrected chi connectivity index (χ2v) is 10.7. The van der Waals surface area contributed by atoms with Gasteiger partial charge in [-0.1, -0.05) is 42.5 Å². The summed E-state index contributed by atoms with van der Waals surface area (Å²) in [5.74, 6) is 0. The lowest BCUT2D eigenvalue weighted by Gasteiger charge is -2.06. The zero-order chi connectivity index (χ0) is 20.4. The van der Waals surface area contributed by atoms with Gasteiger partial charge in [-0.15, -0.1) is 22.7 Å². The third-order valence-electron chi connectivity index (χ3n) is 6.09. The molecular formula is C28H22S2. The second kappa shape index (κ2) is 6.66. The van der Waals surface area contributed by atoms with Crippen LogP contribution in [0.5, 0.6) is 0 Å². The minimum Gasteiger partial charge on any atom is -0.135 e. The largest absolute Gasteiger partial charge is 0.135 e. The van der Waals surface area contributed by atoms with Crippen molar-refractivity contribution in [2.75, 3.05) is 0 Å². The predicted molar refractivity (Wildman–Crippen MR) is 136 cm³/mol. The van der Waals surface area contributed by atoms with Crippen LogP contribution in [0, 0.1) is 20.8 Å². The van der Waals surface area contributed by atoms with Crippen LogP contribution in [0.15, 0.2) is 66.7 Å². The van der Waals surface area contributed by atoms with Crippen molar-refractivity contribution in [2.45, 2.75) is 27.2 Å². The van der Waals surface area contributed by atoms with Crippen LogP contribution < -0.4 is 0 Å². The Balaban J connectivity index is 1.44. The molecule has 2 heterocycles. The average Bonchev–Trinajstić information content (AvgIpc) is 3.24. The van der Waals surface area contributed by atoms with Crippen molar-refractivity contribution >= 4 is 63.0 Å². The van der Waals surface area contributed by atoms with Crippen LogP contribution in [0.25, 0.3) is 40.3 Å². The van der Waals surface area contributed by atoms with Crippen molar-refractivity contribution < 1.29 is 0 Å². The zero-order valence-corrected chi connectivity index (χ0v) is 19.0. The summed E-state index contributed by atoms with van der Waals surface area (Å²) in [6.07, 6.45) is 0.979. The van der Waals surface area contributed by atoms with Gasteiger partial charge in [-0.25, -0.2) is 0 Å². The standard InChI is InChI=1S/C28H22S2/c1-16-4-7-21-22-9-6-19(14-26(22)29-24(21)10-16)13-20-12-18(3)28-23-8-5-17(2)11-25(23)30-27(28)15-20/h4-12,14-15H,13H2,1-3H3.